The van der Waals surface area contributed by atoms with Gasteiger partial charge >= 0.3 is 11.9 Å². The van der Waals surface area contributed by atoms with Crippen molar-refractivity contribution < 1.29 is 28.0 Å². The third kappa shape index (κ3) is 2.92. The van der Waals surface area contributed by atoms with Gasteiger partial charge in [0.2, 0.25) is 0 Å². The third-order valence-electron chi connectivity index (χ3n) is 1.96. The van der Waals surface area contributed by atoms with Gasteiger partial charge in [0.15, 0.2) is 0 Å². The van der Waals surface area contributed by atoms with E-state index in [0.29, 0.717) is 12.1 Å². The lowest BCUT2D eigenvalue weighted by Crippen LogP contribution is -2.31. The number of nitrogens with zero attached hydrogens (tertiary/aromatic N) is 1. The highest BCUT2D eigenvalue weighted by Gasteiger charge is 2.40. The molecular formula is C9H6F3NO4. The molecule has 92 valence electrons. The summed E-state index contributed by atoms with van der Waals surface area (Å²) >= 11 is 0. The molecule has 1 aromatic rings. The van der Waals surface area contributed by atoms with Crippen LogP contribution in [0.2, 0.25) is 0 Å². The Balaban J connectivity index is 3.17. The molecule has 0 amide bonds. The Bertz CT molecular complexity index is 475. The van der Waals surface area contributed by atoms with E-state index in [1.165, 1.54) is 0 Å². The number of hydrogen-bond acceptors (Lipinski definition) is 3. The molecule has 5 nitrogen and oxygen atoms in total. The first-order valence-corrected chi connectivity index (χ1v) is 4.28. The van der Waals surface area contributed by atoms with E-state index in [1.807, 2.05) is 0 Å². The molecule has 0 heterocycles. The van der Waals surface area contributed by atoms with Gasteiger partial charge < -0.3 is 5.11 Å². The fraction of sp³-hybridized carbons (Fsp3) is 0.222. The van der Waals surface area contributed by atoms with E-state index in [2.05, 4.69) is 0 Å². The largest absolute Gasteiger partial charge is 0.477 e. The van der Waals surface area contributed by atoms with E-state index in [-0.39, 0.29) is 0 Å². The SMILES string of the molecule is O=C(O)C(F)(F)Cc1cc(F)ccc1[N+](=O)[O-]. The first-order valence-electron chi connectivity index (χ1n) is 4.28. The molecule has 0 spiro atoms. The zero-order chi connectivity index (χ0) is 13.2. The quantitative estimate of drug-likeness (QED) is 0.653. The van der Waals surface area contributed by atoms with Crippen molar-refractivity contribution in [1.29, 1.82) is 0 Å². The number of carbonyl (C=O) groups is 1. The number of aliphatic carboxylic acids is 1. The summed E-state index contributed by atoms with van der Waals surface area (Å²) in [7, 11) is 0. The van der Waals surface area contributed by atoms with Gasteiger partial charge in [0.25, 0.3) is 5.69 Å². The van der Waals surface area contributed by atoms with Crippen molar-refractivity contribution in [3.05, 3.63) is 39.7 Å². The predicted molar refractivity (Wildman–Crippen MR) is 49.3 cm³/mol. The summed E-state index contributed by atoms with van der Waals surface area (Å²) in [5.41, 5.74) is -1.41. The Morgan fingerprint density at radius 2 is 2.06 bits per heavy atom. The molecule has 0 radical (unpaired) electrons. The monoisotopic (exact) mass is 249 g/mol. The first kappa shape index (κ1) is 12.9. The predicted octanol–water partition coefficient (Wildman–Crippen LogP) is 2.00. The van der Waals surface area contributed by atoms with Crippen molar-refractivity contribution in [2.24, 2.45) is 0 Å². The van der Waals surface area contributed by atoms with Crippen LogP contribution in [0.15, 0.2) is 18.2 Å². The van der Waals surface area contributed by atoms with Gasteiger partial charge in [-0.2, -0.15) is 8.78 Å². The van der Waals surface area contributed by atoms with Crippen LogP contribution < -0.4 is 0 Å². The van der Waals surface area contributed by atoms with Gasteiger partial charge in [-0.15, -0.1) is 0 Å². The van der Waals surface area contributed by atoms with Crippen molar-refractivity contribution in [3.8, 4) is 0 Å². The topological polar surface area (TPSA) is 80.4 Å². The highest BCUT2D eigenvalue weighted by molar-refractivity contribution is 5.76. The van der Waals surface area contributed by atoms with E-state index in [4.69, 9.17) is 5.11 Å². The summed E-state index contributed by atoms with van der Waals surface area (Å²) in [5.74, 6) is -7.55. The van der Waals surface area contributed by atoms with Crippen molar-refractivity contribution >= 4 is 11.7 Å². The second-order valence-electron chi connectivity index (χ2n) is 3.22. The van der Waals surface area contributed by atoms with Crippen molar-refractivity contribution in [2.75, 3.05) is 0 Å². The summed E-state index contributed by atoms with van der Waals surface area (Å²) in [6, 6.07) is 1.97. The average molecular weight is 249 g/mol. The standard InChI is InChI=1S/C9H6F3NO4/c10-6-1-2-7(13(16)17)5(3-6)4-9(11,12)8(14)15/h1-3H,4H2,(H,14,15). The molecular weight excluding hydrogens is 243 g/mol. The second-order valence-corrected chi connectivity index (χ2v) is 3.22. The molecule has 1 aromatic carbocycles. The second kappa shape index (κ2) is 4.40. The van der Waals surface area contributed by atoms with Crippen LogP contribution in [0.5, 0.6) is 0 Å². The number of carboxylic acid groups (broad SMARTS) is 1. The Kier molecular flexibility index (Phi) is 3.35. The number of alkyl halides is 2. The maximum atomic E-state index is 12.9. The Morgan fingerprint density at radius 3 is 2.53 bits per heavy atom. The normalized spacial score (nSPS) is 11.2. The summed E-state index contributed by atoms with van der Waals surface area (Å²) in [6.45, 7) is 0. The zero-order valence-electron chi connectivity index (χ0n) is 8.19. The fourth-order valence-corrected chi connectivity index (χ4v) is 1.19. The van der Waals surface area contributed by atoms with Crippen LogP contribution in [0.25, 0.3) is 0 Å². The number of carboxylic acids is 1. The molecule has 0 unspecified atom stereocenters. The molecule has 0 atom stereocenters. The van der Waals surface area contributed by atoms with Gasteiger partial charge in [0.05, 0.1) is 11.3 Å². The van der Waals surface area contributed by atoms with Crippen LogP contribution in [0.3, 0.4) is 0 Å². The summed E-state index contributed by atoms with van der Waals surface area (Å²) in [6.07, 6.45) is -1.43. The van der Waals surface area contributed by atoms with Gasteiger partial charge in [-0.1, -0.05) is 0 Å². The number of nitro benzene ring substituents is 1. The number of hydrogen-bond donors (Lipinski definition) is 1. The maximum absolute atomic E-state index is 12.9. The summed E-state index contributed by atoms with van der Waals surface area (Å²) < 4.78 is 38.5. The molecule has 1 N–H and O–H groups in total. The molecule has 0 fully saturated rings. The van der Waals surface area contributed by atoms with Gasteiger partial charge in [-0.05, 0) is 12.1 Å². The number of rotatable bonds is 4. The van der Waals surface area contributed by atoms with E-state index >= 15 is 0 Å². The van der Waals surface area contributed by atoms with Gasteiger partial charge in [-0.25, -0.2) is 9.18 Å². The summed E-state index contributed by atoms with van der Waals surface area (Å²) in [4.78, 5) is 19.7. The van der Waals surface area contributed by atoms with E-state index in [9.17, 15) is 28.1 Å². The molecule has 8 heteroatoms. The lowest BCUT2D eigenvalue weighted by molar-refractivity contribution is -0.385. The number of benzene rings is 1. The minimum absolute atomic E-state index is 0.523. The van der Waals surface area contributed by atoms with Crippen LogP contribution >= 0.6 is 0 Å². The van der Waals surface area contributed by atoms with Crippen LogP contribution in [0.1, 0.15) is 5.56 Å². The smallest absolute Gasteiger partial charge is 0.374 e. The molecule has 0 aromatic heterocycles. The highest BCUT2D eigenvalue weighted by atomic mass is 19.3. The molecule has 1 rings (SSSR count). The van der Waals surface area contributed by atoms with Crippen molar-refractivity contribution in [2.45, 2.75) is 12.3 Å². The number of nitro groups is 1. The average Bonchev–Trinajstić information content (AvgIpc) is 2.15. The molecule has 0 saturated carbocycles. The molecule has 0 aliphatic carbocycles. The van der Waals surface area contributed by atoms with Crippen LogP contribution in [-0.4, -0.2) is 21.9 Å². The minimum Gasteiger partial charge on any atom is -0.477 e. The Morgan fingerprint density at radius 1 is 1.47 bits per heavy atom. The lowest BCUT2D eigenvalue weighted by atomic mass is 10.1. The van der Waals surface area contributed by atoms with Crippen LogP contribution in [0, 0.1) is 15.9 Å². The highest BCUT2D eigenvalue weighted by Crippen LogP contribution is 2.27. The van der Waals surface area contributed by atoms with Gasteiger partial charge in [0.1, 0.15) is 5.82 Å². The third-order valence-corrected chi connectivity index (χ3v) is 1.96. The van der Waals surface area contributed by atoms with E-state index < -0.39 is 40.3 Å². The molecule has 0 bridgehead atoms. The van der Waals surface area contributed by atoms with E-state index in [1.54, 1.807) is 0 Å². The molecule has 0 aliphatic heterocycles. The first-order chi connectivity index (χ1) is 7.74. The van der Waals surface area contributed by atoms with Crippen molar-refractivity contribution in [1.82, 2.24) is 0 Å². The summed E-state index contributed by atoms with van der Waals surface area (Å²) in [5, 5.41) is 18.7. The van der Waals surface area contributed by atoms with Crippen LogP contribution in [0.4, 0.5) is 18.9 Å². The maximum Gasteiger partial charge on any atom is 0.374 e. The van der Waals surface area contributed by atoms with Gasteiger partial charge in [-0.3, -0.25) is 10.1 Å². The lowest BCUT2D eigenvalue weighted by Gasteiger charge is -2.11. The van der Waals surface area contributed by atoms with E-state index in [0.717, 1.165) is 6.07 Å². The fourth-order valence-electron chi connectivity index (χ4n) is 1.19. The zero-order valence-corrected chi connectivity index (χ0v) is 8.19. The van der Waals surface area contributed by atoms with Crippen LogP contribution in [-0.2, 0) is 11.2 Å². The molecule has 0 saturated heterocycles. The Hall–Kier alpha value is -2.12. The van der Waals surface area contributed by atoms with Gasteiger partial charge in [0, 0.05) is 11.6 Å². The Labute approximate surface area is 92.6 Å². The molecule has 0 aliphatic rings. The number of halogens is 3. The molecule has 17 heavy (non-hydrogen) atoms. The van der Waals surface area contributed by atoms with Crippen molar-refractivity contribution in [3.63, 3.8) is 0 Å². The minimum atomic E-state index is -4.18.